The normalized spacial score (nSPS) is 26.4. The van der Waals surface area contributed by atoms with E-state index in [9.17, 15) is 5.11 Å². The highest BCUT2D eigenvalue weighted by molar-refractivity contribution is 5.67. The molecular weight excluding hydrogens is 164 g/mol. The van der Waals surface area contributed by atoms with Crippen LogP contribution in [0.1, 0.15) is 0 Å². The predicted molar refractivity (Wildman–Crippen MR) is 35.3 cm³/mol. The molecule has 1 aliphatic rings. The van der Waals surface area contributed by atoms with Gasteiger partial charge in [0.1, 0.15) is 6.21 Å². The highest BCUT2D eigenvalue weighted by Gasteiger charge is 2.31. The minimum absolute atomic E-state index is 0.116. The van der Waals surface area contributed by atoms with E-state index in [4.69, 9.17) is 4.74 Å². The molecule has 8 heteroatoms. The molecule has 1 aromatic heterocycles. The van der Waals surface area contributed by atoms with E-state index in [0.717, 1.165) is 6.21 Å². The van der Waals surface area contributed by atoms with Crippen molar-refractivity contribution in [3.05, 3.63) is 6.20 Å². The summed E-state index contributed by atoms with van der Waals surface area (Å²) >= 11 is 0. The molecule has 0 aromatic carbocycles. The summed E-state index contributed by atoms with van der Waals surface area (Å²) in [6, 6.07) is 0. The van der Waals surface area contributed by atoms with Crippen LogP contribution in [0.3, 0.4) is 0 Å². The van der Waals surface area contributed by atoms with Gasteiger partial charge in [0.15, 0.2) is 0 Å². The Morgan fingerprint density at radius 2 is 2.50 bits per heavy atom. The summed E-state index contributed by atoms with van der Waals surface area (Å²) in [7, 11) is 0. The van der Waals surface area contributed by atoms with Crippen LogP contribution in [0.2, 0.25) is 0 Å². The zero-order valence-electron chi connectivity index (χ0n) is 5.75. The minimum atomic E-state index is -1.84. The molecule has 0 saturated carbocycles. The molecule has 2 N–H and O–H groups in total. The number of hydrogen-bond acceptors (Lipinski definition) is 7. The van der Waals surface area contributed by atoms with Gasteiger partial charge in [0.25, 0.3) is 5.88 Å². The lowest BCUT2D eigenvalue weighted by Crippen LogP contribution is -2.33. The SMILES string of the molecule is OC1(Oc2c[nH]nn2)C=NN=N1. The maximum absolute atomic E-state index is 9.35. The largest absolute Gasteiger partial charge is 0.416 e. The van der Waals surface area contributed by atoms with E-state index >= 15 is 0 Å². The Labute approximate surface area is 66.0 Å². The summed E-state index contributed by atoms with van der Waals surface area (Å²) in [4.78, 5) is 0. The molecule has 0 aliphatic carbocycles. The maximum atomic E-state index is 9.35. The molecule has 2 heterocycles. The second kappa shape index (κ2) is 2.34. The second-order valence-corrected chi connectivity index (χ2v) is 2.01. The molecule has 1 aliphatic heterocycles. The van der Waals surface area contributed by atoms with Crippen LogP contribution in [-0.4, -0.2) is 32.6 Å². The average Bonchev–Trinajstić information content (AvgIpc) is 2.62. The molecule has 62 valence electrons. The third-order valence-corrected chi connectivity index (χ3v) is 1.11. The summed E-state index contributed by atoms with van der Waals surface area (Å²) in [5.41, 5.74) is 0. The van der Waals surface area contributed by atoms with Gasteiger partial charge in [-0.05, 0) is 5.22 Å². The van der Waals surface area contributed by atoms with E-state index in [1.54, 1.807) is 0 Å². The fraction of sp³-hybridized carbons (Fsp3) is 0.250. The Hall–Kier alpha value is -1.83. The van der Waals surface area contributed by atoms with Crippen LogP contribution in [0.25, 0.3) is 0 Å². The summed E-state index contributed by atoms with van der Waals surface area (Å²) in [5, 5.41) is 28.4. The van der Waals surface area contributed by atoms with Crippen molar-refractivity contribution in [1.82, 2.24) is 15.4 Å². The molecule has 1 unspecified atom stereocenters. The molecule has 2 rings (SSSR count). The van der Waals surface area contributed by atoms with Crippen molar-refractivity contribution in [2.24, 2.45) is 15.4 Å². The van der Waals surface area contributed by atoms with Crippen molar-refractivity contribution >= 4 is 6.21 Å². The Balaban J connectivity index is 2.13. The van der Waals surface area contributed by atoms with E-state index in [1.807, 2.05) is 0 Å². The van der Waals surface area contributed by atoms with Crippen molar-refractivity contribution in [1.29, 1.82) is 0 Å². The average molecular weight is 168 g/mol. The first-order valence-electron chi connectivity index (χ1n) is 3.03. The molecule has 1 aromatic rings. The van der Waals surface area contributed by atoms with Crippen LogP contribution in [-0.2, 0) is 0 Å². The molecule has 8 nitrogen and oxygen atoms in total. The van der Waals surface area contributed by atoms with Gasteiger partial charge in [0.2, 0.25) is 0 Å². The molecule has 0 spiro atoms. The molecule has 0 fully saturated rings. The number of nitrogens with zero attached hydrogens (tertiary/aromatic N) is 5. The Kier molecular flexibility index (Phi) is 1.34. The van der Waals surface area contributed by atoms with Crippen molar-refractivity contribution < 1.29 is 9.84 Å². The lowest BCUT2D eigenvalue weighted by molar-refractivity contribution is -0.0673. The molecule has 12 heavy (non-hydrogen) atoms. The van der Waals surface area contributed by atoms with Crippen LogP contribution in [0.15, 0.2) is 21.6 Å². The van der Waals surface area contributed by atoms with Gasteiger partial charge in [-0.25, -0.2) is 0 Å². The highest BCUT2D eigenvalue weighted by Crippen LogP contribution is 2.15. The fourth-order valence-corrected chi connectivity index (χ4v) is 0.658. The summed E-state index contributed by atoms with van der Waals surface area (Å²) in [6.07, 6.45) is 2.40. The van der Waals surface area contributed by atoms with E-state index in [0.29, 0.717) is 0 Å². The summed E-state index contributed by atoms with van der Waals surface area (Å²) in [5.74, 6) is -1.72. The first-order valence-corrected chi connectivity index (χ1v) is 3.03. The van der Waals surface area contributed by atoms with E-state index in [2.05, 4.69) is 30.8 Å². The number of hydrogen-bond donors (Lipinski definition) is 2. The van der Waals surface area contributed by atoms with Crippen molar-refractivity contribution in [2.75, 3.05) is 0 Å². The maximum Gasteiger partial charge on any atom is 0.371 e. The number of H-pyrrole nitrogens is 1. The van der Waals surface area contributed by atoms with Gasteiger partial charge in [-0.15, -0.1) is 5.10 Å². The zero-order chi connectivity index (χ0) is 8.44. The number of aromatic amines is 1. The first kappa shape index (κ1) is 6.85. The Morgan fingerprint density at radius 1 is 1.58 bits per heavy atom. The number of ether oxygens (including phenoxy) is 1. The lowest BCUT2D eigenvalue weighted by atomic mass is 10.5. The van der Waals surface area contributed by atoms with E-state index < -0.39 is 5.91 Å². The topological polar surface area (TPSA) is 108 Å². The number of aliphatic hydroxyl groups is 1. The number of nitrogens with one attached hydrogen (secondary N) is 1. The Morgan fingerprint density at radius 3 is 3.08 bits per heavy atom. The van der Waals surface area contributed by atoms with Crippen LogP contribution >= 0.6 is 0 Å². The predicted octanol–water partition coefficient (Wildman–Crippen LogP) is -0.719. The zero-order valence-corrected chi connectivity index (χ0v) is 5.75. The monoisotopic (exact) mass is 168 g/mol. The van der Waals surface area contributed by atoms with Gasteiger partial charge in [0.05, 0.1) is 6.20 Å². The van der Waals surface area contributed by atoms with Crippen LogP contribution in [0, 0.1) is 0 Å². The molecule has 0 bridgehead atoms. The molecule has 0 saturated heterocycles. The van der Waals surface area contributed by atoms with E-state index in [-0.39, 0.29) is 5.88 Å². The standard InChI is InChI=1S/C4H4N6O2/c11-4(2-6-10-8-4)12-3-1-5-9-7-3/h1-2,11H,(H,5,7,9). The Bertz CT molecular complexity index is 304. The van der Waals surface area contributed by atoms with Crippen LogP contribution < -0.4 is 4.74 Å². The van der Waals surface area contributed by atoms with Gasteiger partial charge in [-0.1, -0.05) is 15.4 Å². The van der Waals surface area contributed by atoms with Gasteiger partial charge in [-0.3, -0.25) is 5.10 Å². The van der Waals surface area contributed by atoms with E-state index in [1.165, 1.54) is 6.20 Å². The van der Waals surface area contributed by atoms with Crippen LogP contribution in [0.5, 0.6) is 5.88 Å². The summed E-state index contributed by atoms with van der Waals surface area (Å²) in [6.45, 7) is 0. The van der Waals surface area contributed by atoms with Gasteiger partial charge in [-0.2, -0.15) is 0 Å². The van der Waals surface area contributed by atoms with Gasteiger partial charge >= 0.3 is 5.91 Å². The van der Waals surface area contributed by atoms with Crippen molar-refractivity contribution in [3.63, 3.8) is 0 Å². The number of rotatable bonds is 2. The second-order valence-electron chi connectivity index (χ2n) is 2.01. The van der Waals surface area contributed by atoms with Gasteiger partial charge in [0, 0.05) is 0 Å². The highest BCUT2D eigenvalue weighted by atomic mass is 16.7. The minimum Gasteiger partial charge on any atom is -0.416 e. The van der Waals surface area contributed by atoms with Crippen LogP contribution in [0.4, 0.5) is 0 Å². The molecule has 0 radical (unpaired) electrons. The van der Waals surface area contributed by atoms with Crippen molar-refractivity contribution in [2.45, 2.75) is 5.91 Å². The molecule has 0 amide bonds. The third-order valence-electron chi connectivity index (χ3n) is 1.11. The lowest BCUT2D eigenvalue weighted by Gasteiger charge is -2.12. The third kappa shape index (κ3) is 1.14. The number of aromatic nitrogens is 3. The quantitative estimate of drug-likeness (QED) is 0.568. The fourth-order valence-electron chi connectivity index (χ4n) is 0.658. The first-order chi connectivity index (χ1) is 5.79. The molecular formula is C4H4N6O2. The van der Waals surface area contributed by atoms with Crippen molar-refractivity contribution in [3.8, 4) is 5.88 Å². The van der Waals surface area contributed by atoms with Gasteiger partial charge < -0.3 is 9.84 Å². The summed E-state index contributed by atoms with van der Waals surface area (Å²) < 4.78 is 4.84. The molecule has 1 atom stereocenters. The smallest absolute Gasteiger partial charge is 0.371 e.